The summed E-state index contributed by atoms with van der Waals surface area (Å²) >= 11 is 1.74. The fourth-order valence-electron chi connectivity index (χ4n) is 1.53. The lowest BCUT2D eigenvalue weighted by molar-refractivity contribution is 0.249. The Kier molecular flexibility index (Phi) is 3.74. The summed E-state index contributed by atoms with van der Waals surface area (Å²) in [6.07, 6.45) is 1.56. The predicted octanol–water partition coefficient (Wildman–Crippen LogP) is 2.73. The molecule has 0 radical (unpaired) electrons. The van der Waals surface area contributed by atoms with E-state index in [0.717, 1.165) is 11.1 Å². The molecule has 4 nitrogen and oxygen atoms in total. The molecule has 1 heterocycles. The number of rotatable bonds is 3. The topological polar surface area (TPSA) is 67.5 Å². The van der Waals surface area contributed by atoms with Crippen molar-refractivity contribution >= 4 is 23.6 Å². The van der Waals surface area contributed by atoms with Crippen LogP contribution >= 0.6 is 11.3 Å². The van der Waals surface area contributed by atoms with Gasteiger partial charge in [0.2, 0.25) is 0 Å². The predicted molar refractivity (Wildman–Crippen MR) is 74.8 cm³/mol. The highest BCUT2D eigenvalue weighted by molar-refractivity contribution is 7.15. The molecule has 0 spiro atoms. The SMILES string of the molecule is Cc1ccc(-c2cccc(C=NNC(N)=O)c2)s1. The van der Waals surface area contributed by atoms with Gasteiger partial charge in [-0.1, -0.05) is 18.2 Å². The van der Waals surface area contributed by atoms with Crippen molar-refractivity contribution in [2.45, 2.75) is 6.92 Å². The van der Waals surface area contributed by atoms with Gasteiger partial charge in [0.05, 0.1) is 6.21 Å². The highest BCUT2D eigenvalue weighted by Gasteiger charge is 2.00. The number of nitrogens with one attached hydrogen (secondary N) is 1. The first-order chi connectivity index (χ1) is 8.65. The van der Waals surface area contributed by atoms with E-state index < -0.39 is 6.03 Å². The van der Waals surface area contributed by atoms with Gasteiger partial charge in [0.1, 0.15) is 0 Å². The lowest BCUT2D eigenvalue weighted by Gasteiger charge is -1.99. The molecular formula is C13H13N3OS. The van der Waals surface area contributed by atoms with Gasteiger partial charge in [-0.05, 0) is 36.2 Å². The summed E-state index contributed by atoms with van der Waals surface area (Å²) in [6, 6.07) is 11.4. The smallest absolute Gasteiger partial charge is 0.332 e. The normalized spacial score (nSPS) is 10.7. The third kappa shape index (κ3) is 3.18. The standard InChI is InChI=1S/C13H13N3OS/c1-9-5-6-12(18-9)11-4-2-3-10(7-11)8-15-16-13(14)17/h2-8H,1H3,(H3,14,16,17). The molecule has 92 valence electrons. The Bertz CT molecular complexity index is 589. The van der Waals surface area contributed by atoms with E-state index in [1.54, 1.807) is 17.6 Å². The van der Waals surface area contributed by atoms with Crippen molar-refractivity contribution in [2.75, 3.05) is 0 Å². The average Bonchev–Trinajstić information content (AvgIpc) is 2.76. The Labute approximate surface area is 109 Å². The zero-order chi connectivity index (χ0) is 13.0. The molecule has 1 aromatic heterocycles. The van der Waals surface area contributed by atoms with Crippen molar-refractivity contribution in [3.05, 3.63) is 46.8 Å². The van der Waals surface area contributed by atoms with Crippen LogP contribution in [-0.4, -0.2) is 12.2 Å². The number of benzene rings is 1. The summed E-state index contributed by atoms with van der Waals surface area (Å²) in [6.45, 7) is 2.08. The molecule has 18 heavy (non-hydrogen) atoms. The minimum atomic E-state index is -0.670. The lowest BCUT2D eigenvalue weighted by Crippen LogP contribution is -2.24. The molecule has 0 fully saturated rings. The number of primary amides is 1. The zero-order valence-corrected chi connectivity index (χ0v) is 10.7. The van der Waals surface area contributed by atoms with Gasteiger partial charge in [-0.3, -0.25) is 0 Å². The molecule has 5 heteroatoms. The average molecular weight is 259 g/mol. The van der Waals surface area contributed by atoms with Gasteiger partial charge >= 0.3 is 6.03 Å². The van der Waals surface area contributed by atoms with Crippen molar-refractivity contribution in [1.29, 1.82) is 0 Å². The molecule has 0 unspecified atom stereocenters. The molecule has 2 aromatic rings. The van der Waals surface area contributed by atoms with Gasteiger partial charge in [-0.25, -0.2) is 10.2 Å². The Morgan fingerprint density at radius 1 is 1.39 bits per heavy atom. The molecular weight excluding hydrogens is 246 g/mol. The second-order valence-corrected chi connectivity index (χ2v) is 5.06. The van der Waals surface area contributed by atoms with Crippen molar-refractivity contribution in [1.82, 2.24) is 5.43 Å². The molecule has 0 saturated carbocycles. The first kappa shape index (κ1) is 12.3. The molecule has 0 bridgehead atoms. The van der Waals surface area contributed by atoms with Crippen molar-refractivity contribution in [3.63, 3.8) is 0 Å². The van der Waals surface area contributed by atoms with Crippen LogP contribution in [0.25, 0.3) is 10.4 Å². The summed E-state index contributed by atoms with van der Waals surface area (Å²) in [7, 11) is 0. The van der Waals surface area contributed by atoms with E-state index in [0.29, 0.717) is 0 Å². The molecule has 0 atom stereocenters. The van der Waals surface area contributed by atoms with E-state index in [4.69, 9.17) is 5.73 Å². The molecule has 0 aliphatic rings. The number of hydrogen-bond acceptors (Lipinski definition) is 3. The summed E-state index contributed by atoms with van der Waals surface area (Å²) in [5.74, 6) is 0. The molecule has 0 aliphatic heterocycles. The molecule has 1 aromatic carbocycles. The van der Waals surface area contributed by atoms with Crippen LogP contribution < -0.4 is 11.2 Å². The third-order valence-electron chi connectivity index (χ3n) is 2.30. The second kappa shape index (κ2) is 5.46. The molecule has 2 rings (SSSR count). The van der Waals surface area contributed by atoms with E-state index in [1.807, 2.05) is 24.3 Å². The van der Waals surface area contributed by atoms with Crippen LogP contribution in [0.3, 0.4) is 0 Å². The fourth-order valence-corrected chi connectivity index (χ4v) is 2.40. The van der Waals surface area contributed by atoms with E-state index >= 15 is 0 Å². The van der Waals surface area contributed by atoms with Crippen molar-refractivity contribution in [2.24, 2.45) is 10.8 Å². The molecule has 2 amide bonds. The van der Waals surface area contributed by atoms with Gasteiger partial charge in [0.25, 0.3) is 0 Å². The van der Waals surface area contributed by atoms with Crippen LogP contribution in [0.5, 0.6) is 0 Å². The van der Waals surface area contributed by atoms with Crippen LogP contribution in [0.15, 0.2) is 41.5 Å². The molecule has 3 N–H and O–H groups in total. The van der Waals surface area contributed by atoms with E-state index in [1.165, 1.54) is 9.75 Å². The van der Waals surface area contributed by atoms with E-state index in [2.05, 4.69) is 29.6 Å². The number of hydrogen-bond donors (Lipinski definition) is 2. The van der Waals surface area contributed by atoms with Crippen LogP contribution in [0.4, 0.5) is 4.79 Å². The number of carbonyl (C=O) groups is 1. The van der Waals surface area contributed by atoms with Crippen molar-refractivity contribution < 1.29 is 4.79 Å². The number of amides is 2. The maximum absolute atomic E-state index is 10.5. The van der Waals surface area contributed by atoms with Crippen LogP contribution in [0.2, 0.25) is 0 Å². The summed E-state index contributed by atoms with van der Waals surface area (Å²) < 4.78 is 0. The Morgan fingerprint density at radius 3 is 2.89 bits per heavy atom. The summed E-state index contributed by atoms with van der Waals surface area (Å²) in [5, 5.41) is 3.73. The number of urea groups is 1. The van der Waals surface area contributed by atoms with Crippen LogP contribution in [-0.2, 0) is 0 Å². The molecule has 0 saturated heterocycles. The van der Waals surface area contributed by atoms with Gasteiger partial charge in [0.15, 0.2) is 0 Å². The van der Waals surface area contributed by atoms with Crippen LogP contribution in [0, 0.1) is 6.92 Å². The number of thiophene rings is 1. The number of nitrogens with two attached hydrogens (primary N) is 1. The zero-order valence-electron chi connectivity index (χ0n) is 9.88. The highest BCUT2D eigenvalue weighted by Crippen LogP contribution is 2.27. The van der Waals surface area contributed by atoms with E-state index in [9.17, 15) is 4.79 Å². The van der Waals surface area contributed by atoms with Gasteiger partial charge < -0.3 is 5.73 Å². The Morgan fingerprint density at radius 2 is 2.22 bits per heavy atom. The number of aryl methyl sites for hydroxylation is 1. The maximum atomic E-state index is 10.5. The maximum Gasteiger partial charge on any atom is 0.332 e. The van der Waals surface area contributed by atoms with Crippen LogP contribution in [0.1, 0.15) is 10.4 Å². The minimum Gasteiger partial charge on any atom is -0.350 e. The number of carbonyl (C=O) groups excluding carboxylic acids is 1. The highest BCUT2D eigenvalue weighted by atomic mass is 32.1. The first-order valence-corrected chi connectivity index (χ1v) is 6.22. The first-order valence-electron chi connectivity index (χ1n) is 5.40. The minimum absolute atomic E-state index is 0.670. The summed E-state index contributed by atoms with van der Waals surface area (Å²) in [4.78, 5) is 13.0. The van der Waals surface area contributed by atoms with Gasteiger partial charge in [-0.15, -0.1) is 11.3 Å². The lowest BCUT2D eigenvalue weighted by atomic mass is 10.1. The number of nitrogens with zero attached hydrogens (tertiary/aromatic N) is 1. The van der Waals surface area contributed by atoms with Gasteiger partial charge in [0, 0.05) is 9.75 Å². The largest absolute Gasteiger partial charge is 0.350 e. The Balaban J connectivity index is 2.20. The third-order valence-corrected chi connectivity index (χ3v) is 3.35. The summed E-state index contributed by atoms with van der Waals surface area (Å²) in [5.41, 5.74) is 9.13. The fraction of sp³-hybridized carbons (Fsp3) is 0.0769. The van der Waals surface area contributed by atoms with E-state index in [-0.39, 0.29) is 0 Å². The molecule has 0 aliphatic carbocycles. The number of hydrazone groups is 1. The quantitative estimate of drug-likeness (QED) is 0.646. The monoisotopic (exact) mass is 259 g/mol. The van der Waals surface area contributed by atoms with Gasteiger partial charge in [-0.2, -0.15) is 5.10 Å². The van der Waals surface area contributed by atoms with Crippen molar-refractivity contribution in [3.8, 4) is 10.4 Å². The second-order valence-electron chi connectivity index (χ2n) is 3.77. The Hall–Kier alpha value is -2.14.